The lowest BCUT2D eigenvalue weighted by Crippen LogP contribution is -2.62. The van der Waals surface area contributed by atoms with Crippen LogP contribution in [0, 0.1) is 17.3 Å². The molecule has 0 saturated carbocycles. The van der Waals surface area contributed by atoms with Gasteiger partial charge in [-0.25, -0.2) is 14.8 Å². The van der Waals surface area contributed by atoms with E-state index in [1.807, 2.05) is 17.4 Å². The number of benzene rings is 2. The van der Waals surface area contributed by atoms with Crippen LogP contribution in [0.15, 0.2) is 78.1 Å². The van der Waals surface area contributed by atoms with E-state index in [2.05, 4.69) is 42.0 Å². The van der Waals surface area contributed by atoms with Gasteiger partial charge in [0, 0.05) is 73.6 Å². The third-order valence-electron chi connectivity index (χ3n) is 11.8. The zero-order valence-corrected chi connectivity index (χ0v) is 35.2. The minimum atomic E-state index is -4.91. The Kier molecular flexibility index (Phi) is 15.4. The normalized spacial score (nSPS) is 19.8. The molecule has 2 aromatic carbocycles. The number of aliphatic imine (C=N–C) groups is 1. The van der Waals surface area contributed by atoms with Crippen LogP contribution in [-0.2, 0) is 27.2 Å². The zero-order chi connectivity index (χ0) is 45.3. The second-order valence-electron chi connectivity index (χ2n) is 16.5. The molecule has 2 amide bonds. The summed E-state index contributed by atoms with van der Waals surface area (Å²) < 4.78 is 77.7. The average Bonchev–Trinajstić information content (AvgIpc) is 3.47. The fourth-order valence-electron chi connectivity index (χ4n) is 8.02. The van der Waals surface area contributed by atoms with Crippen LogP contribution in [0.1, 0.15) is 54.5 Å². The number of piperazine rings is 1. The number of aliphatic hydroxyl groups is 1. The maximum absolute atomic E-state index is 14.2. The van der Waals surface area contributed by atoms with Crippen LogP contribution in [0.5, 0.6) is 0 Å². The largest absolute Gasteiger partial charge is 0.453 e. The number of alkyl carbamates (subject to hydrolysis) is 1. The van der Waals surface area contributed by atoms with Gasteiger partial charge in [-0.3, -0.25) is 9.69 Å². The molecule has 3 fully saturated rings. The standard InChI is InChI=1S/C45H53F5N8O5/c1-44(2,45(48,49)50)40(56-43(61)62-3)41(60)55-37(38(59)23-52-20-30-10-13-32(14-11-30)33(19-51)22-54-42(46)47)18-29-7-4-28(5-8-29)6-9-31-12-17-39(53-21-31)57-24-34-15-16-35(25-57)58(34)36-26-63-27-36/h4-5,7-8,10-14,17,19,21-22,34-38,40,42,52,59H,15-16,18,20,23-27,51H2,1-3H3,(H,55,60)(H,56,61)/t34?,35?,37-,38-,40?/m0/s1. The molecule has 0 aliphatic carbocycles. The van der Waals surface area contributed by atoms with E-state index in [9.17, 15) is 36.6 Å². The number of alkyl halides is 5. The maximum Gasteiger partial charge on any atom is 0.407 e. The maximum atomic E-state index is 14.2. The number of pyridine rings is 1. The van der Waals surface area contributed by atoms with Gasteiger partial charge in [-0.15, -0.1) is 0 Å². The van der Waals surface area contributed by atoms with Crippen LogP contribution < -0.4 is 26.6 Å². The molecule has 3 aliphatic heterocycles. The number of halogens is 5. The first kappa shape index (κ1) is 46.9. The van der Waals surface area contributed by atoms with Crippen molar-refractivity contribution in [3.8, 4) is 11.8 Å². The van der Waals surface area contributed by atoms with Crippen molar-refractivity contribution in [3.63, 3.8) is 0 Å². The van der Waals surface area contributed by atoms with Gasteiger partial charge in [0.1, 0.15) is 11.9 Å². The molecule has 13 nitrogen and oxygen atoms in total. The van der Waals surface area contributed by atoms with E-state index in [0.717, 1.165) is 76.6 Å². The zero-order valence-electron chi connectivity index (χ0n) is 35.2. The lowest BCUT2D eigenvalue weighted by Gasteiger charge is -2.47. The molecular formula is C45H53F5N8O5. The average molecular weight is 881 g/mol. The SMILES string of the molecule is COC(=O)NC(C(=O)N[C@@H](Cc1ccc(C#Cc2ccc(N3CC4CCC(C3)N4C3COC3)nc2)cc1)[C@@H](O)CNCc1ccc(C(C=NC(F)F)=CN)cc1)C(C)(C)C(F)(F)F. The van der Waals surface area contributed by atoms with Crippen molar-refractivity contribution >= 4 is 29.6 Å². The summed E-state index contributed by atoms with van der Waals surface area (Å²) in [7, 11) is 0.964. The first-order chi connectivity index (χ1) is 30.1. The van der Waals surface area contributed by atoms with E-state index in [-0.39, 0.29) is 25.1 Å². The van der Waals surface area contributed by atoms with E-state index < -0.39 is 48.3 Å². The molecule has 3 aromatic rings. The molecule has 4 heterocycles. The molecule has 18 heteroatoms. The highest BCUT2D eigenvalue weighted by Gasteiger charge is 2.56. The van der Waals surface area contributed by atoms with Crippen molar-refractivity contribution < 1.29 is 46.1 Å². The number of rotatable bonds is 16. The smallest absolute Gasteiger partial charge is 0.407 e. The van der Waals surface area contributed by atoms with E-state index in [1.165, 1.54) is 12.8 Å². The molecule has 3 aliphatic rings. The number of nitrogens with zero attached hydrogens (tertiary/aromatic N) is 4. The number of carbonyl (C=O) groups excluding carboxylic acids is 2. The number of hydrogen-bond acceptors (Lipinski definition) is 11. The highest BCUT2D eigenvalue weighted by atomic mass is 19.4. The van der Waals surface area contributed by atoms with E-state index in [0.29, 0.717) is 34.8 Å². The number of fused-ring (bicyclic) bond motifs is 2. The number of carbonyl (C=O) groups is 2. The third-order valence-corrected chi connectivity index (χ3v) is 11.8. The summed E-state index contributed by atoms with van der Waals surface area (Å²) in [5.41, 5.74) is 6.46. The van der Waals surface area contributed by atoms with Gasteiger partial charge in [-0.2, -0.15) is 22.0 Å². The second-order valence-corrected chi connectivity index (χ2v) is 16.5. The van der Waals surface area contributed by atoms with Crippen molar-refractivity contribution in [1.29, 1.82) is 0 Å². The highest BCUT2D eigenvalue weighted by molar-refractivity contribution is 6.09. The van der Waals surface area contributed by atoms with Crippen molar-refractivity contribution in [1.82, 2.24) is 25.8 Å². The highest BCUT2D eigenvalue weighted by Crippen LogP contribution is 2.41. The Morgan fingerprint density at radius 2 is 1.60 bits per heavy atom. The Morgan fingerprint density at radius 3 is 2.16 bits per heavy atom. The molecule has 6 N–H and O–H groups in total. The Labute approximate surface area is 363 Å². The topological polar surface area (TPSA) is 167 Å². The van der Waals surface area contributed by atoms with Crippen LogP contribution in [0.25, 0.3) is 5.57 Å². The Balaban J connectivity index is 1.11. The van der Waals surface area contributed by atoms with E-state index >= 15 is 0 Å². The summed E-state index contributed by atoms with van der Waals surface area (Å²) in [5, 5.41) is 19.1. The van der Waals surface area contributed by atoms with Crippen LogP contribution in [0.2, 0.25) is 0 Å². The number of nitrogens with one attached hydrogen (secondary N) is 3. The molecule has 0 spiro atoms. The Morgan fingerprint density at radius 1 is 0.968 bits per heavy atom. The monoisotopic (exact) mass is 880 g/mol. The van der Waals surface area contributed by atoms with Gasteiger partial charge in [-0.05, 0) is 74.1 Å². The van der Waals surface area contributed by atoms with Crippen molar-refractivity contribution in [2.45, 2.75) is 88.7 Å². The molecule has 3 unspecified atom stereocenters. The third kappa shape index (κ3) is 11.9. The predicted molar refractivity (Wildman–Crippen MR) is 228 cm³/mol. The molecule has 338 valence electrons. The number of aliphatic hydroxyl groups excluding tert-OH is 1. The first-order valence-corrected chi connectivity index (χ1v) is 20.7. The number of methoxy groups -OCH3 is 1. The summed E-state index contributed by atoms with van der Waals surface area (Å²) in [6, 6.07) is 16.0. The van der Waals surface area contributed by atoms with Crippen LogP contribution in [0.4, 0.5) is 32.6 Å². The molecule has 63 heavy (non-hydrogen) atoms. The van der Waals surface area contributed by atoms with Gasteiger partial charge in [-0.1, -0.05) is 48.2 Å². The van der Waals surface area contributed by atoms with Crippen LogP contribution in [-0.4, -0.2) is 122 Å². The molecule has 0 radical (unpaired) electrons. The fraction of sp³-hybridized carbons (Fsp3) is 0.467. The molecule has 1 aromatic heterocycles. The number of anilines is 1. The van der Waals surface area contributed by atoms with Gasteiger partial charge in [0.15, 0.2) is 0 Å². The van der Waals surface area contributed by atoms with Gasteiger partial charge < -0.3 is 41.2 Å². The minimum absolute atomic E-state index is 0.00144. The second kappa shape index (κ2) is 20.7. The van der Waals surface area contributed by atoms with E-state index in [1.54, 1.807) is 54.7 Å². The van der Waals surface area contributed by atoms with Gasteiger partial charge in [0.25, 0.3) is 0 Å². The number of amides is 2. The number of allylic oxidation sites excluding steroid dienone is 1. The number of aromatic nitrogens is 1. The number of hydrogen-bond donors (Lipinski definition) is 5. The summed E-state index contributed by atoms with van der Waals surface area (Å²) in [6.07, 6.45) is -1.23. The molecular weight excluding hydrogens is 828 g/mol. The van der Waals surface area contributed by atoms with Gasteiger partial charge in [0.05, 0.1) is 43.9 Å². The minimum Gasteiger partial charge on any atom is -0.453 e. The predicted octanol–water partition coefficient (Wildman–Crippen LogP) is 4.62. The fourth-order valence-corrected chi connectivity index (χ4v) is 8.02. The lowest BCUT2D eigenvalue weighted by atomic mass is 9.82. The summed E-state index contributed by atoms with van der Waals surface area (Å²) in [5.74, 6) is 6.02. The first-order valence-electron chi connectivity index (χ1n) is 20.7. The molecule has 6 rings (SSSR count). The van der Waals surface area contributed by atoms with Crippen LogP contribution in [0.3, 0.4) is 0 Å². The van der Waals surface area contributed by atoms with Crippen molar-refractivity contribution in [2.75, 3.05) is 44.9 Å². The number of ether oxygens (including phenoxy) is 2. The quantitative estimate of drug-likeness (QED) is 0.0594. The molecule has 3 saturated heterocycles. The summed E-state index contributed by atoms with van der Waals surface area (Å²) >= 11 is 0. The molecule has 5 atom stereocenters. The van der Waals surface area contributed by atoms with E-state index in [4.69, 9.17) is 15.5 Å². The van der Waals surface area contributed by atoms with Gasteiger partial charge >= 0.3 is 18.8 Å². The Bertz CT molecular complexity index is 2120. The number of nitrogens with two attached hydrogens (primary N) is 1. The van der Waals surface area contributed by atoms with Crippen LogP contribution >= 0.6 is 0 Å². The van der Waals surface area contributed by atoms with Crippen molar-refractivity contribution in [2.24, 2.45) is 16.1 Å². The summed E-state index contributed by atoms with van der Waals surface area (Å²) in [6.45, 7) is 2.29. The van der Waals surface area contributed by atoms with Crippen molar-refractivity contribution in [3.05, 3.63) is 101 Å². The molecule has 2 bridgehead atoms. The lowest BCUT2D eigenvalue weighted by molar-refractivity contribution is -0.220. The Hall–Kier alpha value is -5.61. The summed E-state index contributed by atoms with van der Waals surface area (Å²) in [4.78, 5) is 38.6. The van der Waals surface area contributed by atoms with Gasteiger partial charge in [0.2, 0.25) is 5.91 Å².